The molecule has 4 N–H and O–H groups in total. The number of hydrogen-bond acceptors (Lipinski definition) is 5. The molecule has 0 unspecified atom stereocenters. The summed E-state index contributed by atoms with van der Waals surface area (Å²) in [7, 11) is -3.60. The van der Waals surface area contributed by atoms with Gasteiger partial charge in [0, 0.05) is 31.3 Å². The summed E-state index contributed by atoms with van der Waals surface area (Å²) in [6.07, 6.45) is 3.58. The summed E-state index contributed by atoms with van der Waals surface area (Å²) in [5, 5.41) is 14.9. The van der Waals surface area contributed by atoms with Crippen LogP contribution in [-0.4, -0.2) is 51.7 Å². The van der Waals surface area contributed by atoms with Crippen LogP contribution in [0.2, 0.25) is 0 Å². The average Bonchev–Trinajstić information content (AvgIpc) is 3.08. The van der Waals surface area contributed by atoms with E-state index < -0.39 is 10.0 Å². The first-order valence-corrected chi connectivity index (χ1v) is 9.73. The zero-order chi connectivity index (χ0) is 17.4. The zero-order valence-corrected chi connectivity index (χ0v) is 14.4. The smallest absolute Gasteiger partial charge is 0.251 e. The zero-order valence-electron chi connectivity index (χ0n) is 13.6. The maximum Gasteiger partial charge on any atom is 0.251 e. The Labute approximate surface area is 142 Å². The first kappa shape index (κ1) is 18.9. The molecule has 1 aromatic carbocycles. The predicted octanol–water partition coefficient (Wildman–Crippen LogP) is 0.219. The van der Waals surface area contributed by atoms with Gasteiger partial charge in [0.05, 0.1) is 4.90 Å². The van der Waals surface area contributed by atoms with Crippen LogP contribution in [0.3, 0.4) is 0 Å². The normalized spacial score (nSPS) is 17.8. The lowest BCUT2D eigenvalue weighted by molar-refractivity contribution is 0.0952. The lowest BCUT2D eigenvalue weighted by Crippen LogP contribution is -2.30. The van der Waals surface area contributed by atoms with Gasteiger partial charge in [0.15, 0.2) is 0 Å². The Hall–Kier alpha value is -1.48. The third-order valence-corrected chi connectivity index (χ3v) is 5.47. The fourth-order valence-electron chi connectivity index (χ4n) is 2.62. The highest BCUT2D eigenvalue weighted by Crippen LogP contribution is 2.11. The first-order valence-electron chi connectivity index (χ1n) is 8.25. The maximum absolute atomic E-state index is 12.1. The largest absolute Gasteiger partial charge is 0.396 e. The van der Waals surface area contributed by atoms with Gasteiger partial charge in [-0.05, 0) is 56.5 Å². The van der Waals surface area contributed by atoms with Gasteiger partial charge in [0.2, 0.25) is 10.0 Å². The molecule has 134 valence electrons. The lowest BCUT2D eigenvalue weighted by atomic mass is 10.1. The van der Waals surface area contributed by atoms with Crippen molar-refractivity contribution in [1.82, 2.24) is 15.4 Å². The molecule has 0 spiro atoms. The van der Waals surface area contributed by atoms with E-state index >= 15 is 0 Å². The van der Waals surface area contributed by atoms with E-state index in [2.05, 4.69) is 15.4 Å². The highest BCUT2D eigenvalue weighted by atomic mass is 32.2. The van der Waals surface area contributed by atoms with Gasteiger partial charge in [-0.2, -0.15) is 0 Å². The molecular weight excluding hydrogens is 330 g/mol. The van der Waals surface area contributed by atoms with E-state index in [0.29, 0.717) is 24.6 Å². The van der Waals surface area contributed by atoms with Crippen LogP contribution in [0.1, 0.15) is 36.0 Å². The number of hydrogen-bond donors (Lipinski definition) is 4. The van der Waals surface area contributed by atoms with Gasteiger partial charge in [-0.1, -0.05) is 0 Å². The third kappa shape index (κ3) is 5.55. The van der Waals surface area contributed by atoms with E-state index in [4.69, 9.17) is 5.11 Å². The molecule has 1 fully saturated rings. The molecule has 24 heavy (non-hydrogen) atoms. The van der Waals surface area contributed by atoms with Crippen molar-refractivity contribution in [2.45, 2.75) is 36.6 Å². The van der Waals surface area contributed by atoms with E-state index in [9.17, 15) is 13.2 Å². The van der Waals surface area contributed by atoms with Crippen LogP contribution in [0, 0.1) is 0 Å². The molecular formula is C16H25N3O4S. The molecule has 7 nitrogen and oxygen atoms in total. The van der Waals surface area contributed by atoms with Crippen LogP contribution in [0.15, 0.2) is 29.2 Å². The van der Waals surface area contributed by atoms with Gasteiger partial charge in [-0.15, -0.1) is 0 Å². The molecule has 1 heterocycles. The Morgan fingerprint density at radius 3 is 2.62 bits per heavy atom. The van der Waals surface area contributed by atoms with Gasteiger partial charge < -0.3 is 15.7 Å². The van der Waals surface area contributed by atoms with E-state index in [0.717, 1.165) is 19.4 Å². The Kier molecular flexibility index (Phi) is 7.16. The van der Waals surface area contributed by atoms with Crippen molar-refractivity contribution < 1.29 is 18.3 Å². The Bertz CT molecular complexity index is 625. The molecule has 1 aromatic rings. The number of sulfonamides is 1. The van der Waals surface area contributed by atoms with Gasteiger partial charge >= 0.3 is 0 Å². The van der Waals surface area contributed by atoms with Gasteiger partial charge in [0.25, 0.3) is 5.91 Å². The minimum atomic E-state index is -3.60. The lowest BCUT2D eigenvalue weighted by Gasteiger charge is -2.11. The van der Waals surface area contributed by atoms with Crippen LogP contribution >= 0.6 is 0 Å². The van der Waals surface area contributed by atoms with Crippen molar-refractivity contribution in [2.75, 3.05) is 26.2 Å². The molecule has 1 atom stereocenters. The van der Waals surface area contributed by atoms with Crippen molar-refractivity contribution in [2.24, 2.45) is 0 Å². The molecule has 0 saturated carbocycles. The predicted molar refractivity (Wildman–Crippen MR) is 91.3 cm³/mol. The second kappa shape index (κ2) is 9.12. The van der Waals surface area contributed by atoms with E-state index in [1.165, 1.54) is 30.7 Å². The Morgan fingerprint density at radius 1 is 1.25 bits per heavy atom. The Morgan fingerprint density at radius 2 is 2.00 bits per heavy atom. The van der Waals surface area contributed by atoms with Crippen LogP contribution in [0.4, 0.5) is 0 Å². The number of benzene rings is 1. The third-order valence-electron chi connectivity index (χ3n) is 3.99. The molecule has 1 aliphatic rings. The fraction of sp³-hybridized carbons (Fsp3) is 0.562. The monoisotopic (exact) mass is 355 g/mol. The van der Waals surface area contributed by atoms with Crippen LogP contribution in [-0.2, 0) is 10.0 Å². The molecule has 1 saturated heterocycles. The van der Waals surface area contributed by atoms with Crippen LogP contribution < -0.4 is 15.4 Å². The van der Waals surface area contributed by atoms with E-state index in [1.54, 1.807) is 0 Å². The summed E-state index contributed by atoms with van der Waals surface area (Å²) < 4.78 is 26.4. The number of rotatable bonds is 9. The van der Waals surface area contributed by atoms with Crippen molar-refractivity contribution in [3.8, 4) is 0 Å². The molecule has 8 heteroatoms. The summed E-state index contributed by atoms with van der Waals surface area (Å²) in [5.74, 6) is -0.204. The van der Waals surface area contributed by atoms with Crippen molar-refractivity contribution in [3.05, 3.63) is 29.8 Å². The number of nitrogens with one attached hydrogen (secondary N) is 3. The number of aliphatic hydroxyl groups is 1. The molecule has 0 radical (unpaired) electrons. The van der Waals surface area contributed by atoms with E-state index in [-0.39, 0.29) is 24.0 Å². The SMILES string of the molecule is O=C(NCC[C@H]1CCCN1)c1ccc(S(=O)(=O)NCCCO)cc1. The summed E-state index contributed by atoms with van der Waals surface area (Å²) in [5.41, 5.74) is 0.434. The average molecular weight is 355 g/mol. The van der Waals surface area contributed by atoms with Crippen molar-refractivity contribution in [3.63, 3.8) is 0 Å². The highest BCUT2D eigenvalue weighted by Gasteiger charge is 2.16. The quantitative estimate of drug-likeness (QED) is 0.474. The minimum Gasteiger partial charge on any atom is -0.396 e. The molecule has 0 aromatic heterocycles. The number of amides is 1. The van der Waals surface area contributed by atoms with Gasteiger partial charge in [-0.25, -0.2) is 13.1 Å². The van der Waals surface area contributed by atoms with Crippen molar-refractivity contribution >= 4 is 15.9 Å². The number of carbonyl (C=O) groups is 1. The summed E-state index contributed by atoms with van der Waals surface area (Å²) in [6, 6.07) is 6.31. The molecule has 1 amide bonds. The van der Waals surface area contributed by atoms with Crippen LogP contribution in [0.5, 0.6) is 0 Å². The second-order valence-electron chi connectivity index (χ2n) is 5.84. The first-order chi connectivity index (χ1) is 11.5. The standard InChI is InChI=1S/C16H25N3O4S/c20-12-2-10-19-24(22,23)15-6-4-13(5-7-15)16(21)18-11-8-14-3-1-9-17-14/h4-7,14,17,19-20H,1-3,8-12H2,(H,18,21)/t14-/m1/s1. The fourth-order valence-corrected chi connectivity index (χ4v) is 3.69. The topological polar surface area (TPSA) is 108 Å². The number of carbonyl (C=O) groups excluding carboxylic acids is 1. The summed E-state index contributed by atoms with van der Waals surface area (Å²) in [6.45, 7) is 1.74. The van der Waals surface area contributed by atoms with Crippen molar-refractivity contribution in [1.29, 1.82) is 0 Å². The summed E-state index contributed by atoms with van der Waals surface area (Å²) in [4.78, 5) is 12.2. The van der Waals surface area contributed by atoms with Gasteiger partial charge in [-0.3, -0.25) is 4.79 Å². The second-order valence-corrected chi connectivity index (χ2v) is 7.60. The molecule has 0 aliphatic carbocycles. The Balaban J connectivity index is 1.84. The minimum absolute atomic E-state index is 0.0714. The molecule has 2 rings (SSSR count). The van der Waals surface area contributed by atoms with E-state index in [1.807, 2.05) is 0 Å². The molecule has 1 aliphatic heterocycles. The summed E-state index contributed by atoms with van der Waals surface area (Å²) >= 11 is 0. The number of aliphatic hydroxyl groups excluding tert-OH is 1. The molecule has 0 bridgehead atoms. The highest BCUT2D eigenvalue weighted by molar-refractivity contribution is 7.89. The van der Waals surface area contributed by atoms with Crippen LogP contribution in [0.25, 0.3) is 0 Å². The maximum atomic E-state index is 12.1. The van der Waals surface area contributed by atoms with Gasteiger partial charge in [0.1, 0.15) is 0 Å².